The van der Waals surface area contributed by atoms with Gasteiger partial charge in [-0.1, -0.05) is 19.9 Å². The number of benzene rings is 1. The highest BCUT2D eigenvalue weighted by Crippen LogP contribution is 2.22. The van der Waals surface area contributed by atoms with Gasteiger partial charge in [-0.05, 0) is 44.6 Å². The van der Waals surface area contributed by atoms with Gasteiger partial charge < -0.3 is 15.5 Å². The summed E-state index contributed by atoms with van der Waals surface area (Å²) in [6.45, 7) is 9.24. The predicted molar refractivity (Wildman–Crippen MR) is 108 cm³/mol. The van der Waals surface area contributed by atoms with Crippen LogP contribution in [0.5, 0.6) is 0 Å². The molecule has 0 bridgehead atoms. The Hall–Kier alpha value is -2.50. The fourth-order valence-corrected chi connectivity index (χ4v) is 3.21. The predicted octanol–water partition coefficient (Wildman–Crippen LogP) is 1.07. The maximum atomic E-state index is 12.4. The molecule has 1 aromatic carbocycles. The van der Waals surface area contributed by atoms with Gasteiger partial charge in [0.2, 0.25) is 15.9 Å². The molecule has 0 aromatic heterocycles. The highest BCUT2D eigenvalue weighted by atomic mass is 32.2. The van der Waals surface area contributed by atoms with Crippen LogP contribution in [0.4, 0.5) is 5.69 Å². The molecule has 11 heteroatoms. The maximum Gasteiger partial charge on any atom is 0.414 e. The van der Waals surface area contributed by atoms with Crippen LogP contribution in [0.15, 0.2) is 23.1 Å². The third kappa shape index (κ3) is 7.80. The molecule has 1 amide bonds. The Bertz CT molecular complexity index is 822. The number of carboxylic acid groups (broad SMARTS) is 2. The lowest BCUT2D eigenvalue weighted by Gasteiger charge is -2.25. The molecule has 164 valence electrons. The number of hydrogen-bond acceptors (Lipinski definition) is 6. The van der Waals surface area contributed by atoms with Crippen molar-refractivity contribution in [2.24, 2.45) is 0 Å². The van der Waals surface area contributed by atoms with Gasteiger partial charge >= 0.3 is 11.9 Å². The van der Waals surface area contributed by atoms with Crippen LogP contribution in [0.1, 0.15) is 26.3 Å². The lowest BCUT2D eigenvalue weighted by Crippen LogP contribution is -2.41. The number of amides is 1. The molecule has 0 fully saturated rings. The number of carbonyl (C=O) groups is 3. The van der Waals surface area contributed by atoms with Crippen molar-refractivity contribution in [1.29, 1.82) is 0 Å². The van der Waals surface area contributed by atoms with Crippen LogP contribution in [0.2, 0.25) is 0 Å². The van der Waals surface area contributed by atoms with Gasteiger partial charge in [0.1, 0.15) is 0 Å². The Morgan fingerprint density at radius 2 is 1.55 bits per heavy atom. The Morgan fingerprint density at radius 3 is 1.93 bits per heavy atom. The number of nitrogens with one attached hydrogen (secondary N) is 1. The number of hydrogen-bond donors (Lipinski definition) is 3. The molecular formula is C18H29N3O7S. The standard InChI is InChI=1S/C16H27N3O3S.C2H2O4/c1-7-19(8-2)13(4)16(20)17-15-11-14(10-9-12(15)3)23(21,22)18(5)6;3-1(4)2(5)6/h9-11,13H,7-8H2,1-6H3,(H,17,20);(H,3,4)(H,5,6). The smallest absolute Gasteiger partial charge is 0.414 e. The zero-order valence-corrected chi connectivity index (χ0v) is 18.3. The molecule has 1 aromatic rings. The van der Waals surface area contributed by atoms with Gasteiger partial charge in [-0.2, -0.15) is 0 Å². The molecule has 0 aliphatic carbocycles. The minimum Gasteiger partial charge on any atom is -0.473 e. The summed E-state index contributed by atoms with van der Waals surface area (Å²) in [4.78, 5) is 32.8. The molecule has 0 aliphatic heterocycles. The Balaban J connectivity index is 0.00000113. The first kappa shape index (κ1) is 26.5. The number of anilines is 1. The van der Waals surface area contributed by atoms with E-state index in [-0.39, 0.29) is 16.8 Å². The Labute approximate surface area is 171 Å². The third-order valence-electron chi connectivity index (χ3n) is 4.17. The zero-order valence-electron chi connectivity index (χ0n) is 17.5. The number of aryl methyl sites for hydroxylation is 1. The van der Waals surface area contributed by atoms with Crippen LogP contribution < -0.4 is 5.32 Å². The second kappa shape index (κ2) is 11.5. The average molecular weight is 432 g/mol. The van der Waals surface area contributed by atoms with Crippen LogP contribution in [0, 0.1) is 6.92 Å². The summed E-state index contributed by atoms with van der Waals surface area (Å²) in [6.07, 6.45) is 0. The number of carboxylic acids is 2. The van der Waals surface area contributed by atoms with E-state index in [0.29, 0.717) is 5.69 Å². The molecule has 29 heavy (non-hydrogen) atoms. The van der Waals surface area contributed by atoms with E-state index in [0.717, 1.165) is 23.0 Å². The first-order valence-electron chi connectivity index (χ1n) is 8.83. The van der Waals surface area contributed by atoms with Crippen LogP contribution in [0.3, 0.4) is 0 Å². The number of rotatable bonds is 7. The molecule has 0 saturated heterocycles. The molecule has 1 atom stereocenters. The van der Waals surface area contributed by atoms with Crippen molar-refractivity contribution >= 4 is 33.6 Å². The first-order valence-corrected chi connectivity index (χ1v) is 10.3. The quantitative estimate of drug-likeness (QED) is 0.544. The summed E-state index contributed by atoms with van der Waals surface area (Å²) >= 11 is 0. The summed E-state index contributed by atoms with van der Waals surface area (Å²) in [7, 11) is -0.562. The number of carbonyl (C=O) groups excluding carboxylic acids is 1. The van der Waals surface area contributed by atoms with Crippen molar-refractivity contribution in [3.05, 3.63) is 23.8 Å². The van der Waals surface area contributed by atoms with Crippen molar-refractivity contribution in [2.45, 2.75) is 38.6 Å². The van der Waals surface area contributed by atoms with Gasteiger partial charge in [-0.3, -0.25) is 9.69 Å². The zero-order chi connectivity index (χ0) is 22.9. The second-order valence-electron chi connectivity index (χ2n) is 6.26. The molecule has 0 radical (unpaired) electrons. The molecule has 10 nitrogen and oxygen atoms in total. The van der Waals surface area contributed by atoms with Gasteiger partial charge in [0, 0.05) is 19.8 Å². The molecule has 0 heterocycles. The van der Waals surface area contributed by atoms with Crippen molar-refractivity contribution in [3.8, 4) is 0 Å². The topological polar surface area (TPSA) is 144 Å². The maximum absolute atomic E-state index is 12.4. The van der Waals surface area contributed by atoms with Crippen molar-refractivity contribution in [1.82, 2.24) is 9.21 Å². The van der Waals surface area contributed by atoms with E-state index in [1.807, 2.05) is 32.6 Å². The second-order valence-corrected chi connectivity index (χ2v) is 8.41. The summed E-state index contributed by atoms with van der Waals surface area (Å²) in [5.41, 5.74) is 1.35. The minimum atomic E-state index is -3.53. The average Bonchev–Trinajstić information content (AvgIpc) is 2.64. The molecular weight excluding hydrogens is 402 g/mol. The molecule has 0 spiro atoms. The van der Waals surface area contributed by atoms with Crippen LogP contribution in [-0.4, -0.2) is 78.9 Å². The van der Waals surface area contributed by atoms with Gasteiger partial charge in [0.25, 0.3) is 0 Å². The van der Waals surface area contributed by atoms with Crippen LogP contribution >= 0.6 is 0 Å². The number of sulfonamides is 1. The fraction of sp³-hybridized carbons (Fsp3) is 0.500. The van der Waals surface area contributed by atoms with Gasteiger partial charge in [0.05, 0.1) is 10.9 Å². The monoisotopic (exact) mass is 431 g/mol. The van der Waals surface area contributed by atoms with E-state index in [2.05, 4.69) is 5.32 Å². The van der Waals surface area contributed by atoms with E-state index in [1.165, 1.54) is 20.2 Å². The lowest BCUT2D eigenvalue weighted by molar-refractivity contribution is -0.159. The van der Waals surface area contributed by atoms with E-state index in [9.17, 15) is 13.2 Å². The SMILES string of the molecule is CCN(CC)C(C)C(=O)Nc1cc(S(=O)(=O)N(C)C)ccc1C.O=C(O)C(=O)O. The highest BCUT2D eigenvalue weighted by molar-refractivity contribution is 7.89. The van der Waals surface area contributed by atoms with E-state index in [4.69, 9.17) is 19.8 Å². The summed E-state index contributed by atoms with van der Waals surface area (Å²) in [6, 6.07) is 4.48. The first-order chi connectivity index (χ1) is 13.3. The van der Waals surface area contributed by atoms with E-state index < -0.39 is 22.0 Å². The molecule has 0 saturated carbocycles. The van der Waals surface area contributed by atoms with Crippen molar-refractivity contribution in [2.75, 3.05) is 32.5 Å². The van der Waals surface area contributed by atoms with Crippen molar-refractivity contribution in [3.63, 3.8) is 0 Å². The Morgan fingerprint density at radius 1 is 1.07 bits per heavy atom. The summed E-state index contributed by atoms with van der Waals surface area (Å²) in [5, 5.41) is 17.6. The van der Waals surface area contributed by atoms with Gasteiger partial charge in [-0.25, -0.2) is 22.3 Å². The number of aliphatic carboxylic acids is 2. The normalized spacial score (nSPS) is 12.1. The number of nitrogens with zero attached hydrogens (tertiary/aromatic N) is 2. The number of likely N-dealkylation sites (N-methyl/N-ethyl adjacent to an activating group) is 1. The van der Waals surface area contributed by atoms with E-state index >= 15 is 0 Å². The lowest BCUT2D eigenvalue weighted by atomic mass is 10.2. The van der Waals surface area contributed by atoms with Crippen molar-refractivity contribution < 1.29 is 33.0 Å². The molecule has 1 unspecified atom stereocenters. The summed E-state index contributed by atoms with van der Waals surface area (Å²) in [5.74, 6) is -3.79. The van der Waals surface area contributed by atoms with Crippen LogP contribution in [0.25, 0.3) is 0 Å². The molecule has 1 rings (SSSR count). The largest absolute Gasteiger partial charge is 0.473 e. The van der Waals surface area contributed by atoms with Gasteiger partial charge in [-0.15, -0.1) is 0 Å². The molecule has 3 N–H and O–H groups in total. The highest BCUT2D eigenvalue weighted by Gasteiger charge is 2.21. The Kier molecular flexibility index (Phi) is 10.5. The third-order valence-corrected chi connectivity index (χ3v) is 5.98. The fourth-order valence-electron chi connectivity index (χ4n) is 2.28. The van der Waals surface area contributed by atoms with Gasteiger partial charge in [0.15, 0.2) is 0 Å². The van der Waals surface area contributed by atoms with E-state index in [1.54, 1.807) is 12.1 Å². The van der Waals surface area contributed by atoms with Crippen LogP contribution in [-0.2, 0) is 24.4 Å². The minimum absolute atomic E-state index is 0.142. The summed E-state index contributed by atoms with van der Waals surface area (Å²) < 4.78 is 25.6. The molecule has 0 aliphatic rings.